The van der Waals surface area contributed by atoms with Gasteiger partial charge in [-0.1, -0.05) is 50.2 Å². The van der Waals surface area contributed by atoms with E-state index in [1.54, 1.807) is 11.3 Å². The van der Waals surface area contributed by atoms with Crippen molar-refractivity contribution in [2.45, 2.75) is 39.2 Å². The van der Waals surface area contributed by atoms with Crippen LogP contribution in [0.15, 0.2) is 48.5 Å². The molecule has 5 heteroatoms. The molecular formula is C24H29N3OS. The Kier molecular flexibility index (Phi) is 6.26. The van der Waals surface area contributed by atoms with E-state index >= 15 is 0 Å². The number of benzene rings is 2. The molecule has 0 radical (unpaired) electrons. The number of aryl methyl sites for hydroxylation is 1. The van der Waals surface area contributed by atoms with E-state index in [0.29, 0.717) is 12.3 Å². The molecule has 4 nitrogen and oxygen atoms in total. The number of thiazole rings is 1. The summed E-state index contributed by atoms with van der Waals surface area (Å²) >= 11 is 1.70. The van der Waals surface area contributed by atoms with Crippen LogP contribution < -0.4 is 0 Å². The Balaban J connectivity index is 1.24. The number of carbonyl (C=O) groups is 1. The summed E-state index contributed by atoms with van der Waals surface area (Å²) in [6.07, 6.45) is 1.29. The molecule has 2 heterocycles. The Hall–Kier alpha value is -2.24. The summed E-state index contributed by atoms with van der Waals surface area (Å²) in [4.78, 5) is 21.7. The molecule has 1 saturated heterocycles. The lowest BCUT2D eigenvalue weighted by molar-refractivity contribution is -0.133. The zero-order valence-electron chi connectivity index (χ0n) is 17.3. The van der Waals surface area contributed by atoms with E-state index in [4.69, 9.17) is 0 Å². The molecule has 3 aromatic rings. The van der Waals surface area contributed by atoms with Gasteiger partial charge in [0.05, 0.1) is 15.2 Å². The van der Waals surface area contributed by atoms with Crippen LogP contribution in [0.3, 0.4) is 0 Å². The van der Waals surface area contributed by atoms with Crippen LogP contribution in [-0.4, -0.2) is 46.9 Å². The van der Waals surface area contributed by atoms with Gasteiger partial charge in [-0.05, 0) is 29.2 Å². The summed E-state index contributed by atoms with van der Waals surface area (Å²) < 4.78 is 1.20. The van der Waals surface area contributed by atoms with Crippen molar-refractivity contribution in [2.75, 3.05) is 26.2 Å². The average Bonchev–Trinajstić information content (AvgIpc) is 3.16. The van der Waals surface area contributed by atoms with Gasteiger partial charge in [0.25, 0.3) is 0 Å². The number of hydrogen-bond acceptors (Lipinski definition) is 4. The van der Waals surface area contributed by atoms with E-state index in [1.165, 1.54) is 15.8 Å². The largest absolute Gasteiger partial charge is 0.340 e. The highest BCUT2D eigenvalue weighted by Gasteiger charge is 2.21. The second-order valence-corrected chi connectivity index (χ2v) is 9.24. The van der Waals surface area contributed by atoms with Crippen LogP contribution in [0.5, 0.6) is 0 Å². The van der Waals surface area contributed by atoms with Gasteiger partial charge in [0.15, 0.2) is 0 Å². The quantitative estimate of drug-likeness (QED) is 0.594. The molecule has 1 fully saturated rings. The standard InChI is InChI=1S/C24H29N3OS/c1-18(2)20-9-7-19(8-10-20)17-26-13-15-27(16-14-26)24(28)12-11-23-25-21-5-3-4-6-22(21)29-23/h3-10,18H,11-17H2,1-2H3. The predicted octanol–water partition coefficient (Wildman–Crippen LogP) is 4.70. The van der Waals surface area contributed by atoms with Gasteiger partial charge in [0.2, 0.25) is 5.91 Å². The molecule has 4 rings (SSSR count). The molecule has 0 aliphatic carbocycles. The van der Waals surface area contributed by atoms with Gasteiger partial charge >= 0.3 is 0 Å². The first kappa shape index (κ1) is 20.0. The third kappa shape index (κ3) is 5.03. The van der Waals surface area contributed by atoms with Crippen molar-refractivity contribution >= 4 is 27.5 Å². The van der Waals surface area contributed by atoms with Gasteiger partial charge in [-0.15, -0.1) is 11.3 Å². The van der Waals surface area contributed by atoms with E-state index < -0.39 is 0 Å². The first-order valence-electron chi connectivity index (χ1n) is 10.5. The van der Waals surface area contributed by atoms with E-state index in [2.05, 4.69) is 54.1 Å². The minimum Gasteiger partial charge on any atom is -0.340 e. The summed E-state index contributed by atoms with van der Waals surface area (Å²) in [5, 5.41) is 1.06. The molecule has 1 aromatic heterocycles. The predicted molar refractivity (Wildman–Crippen MR) is 120 cm³/mol. The third-order valence-corrected chi connectivity index (χ3v) is 6.76. The van der Waals surface area contributed by atoms with Crippen LogP contribution in [0, 0.1) is 0 Å². The number of nitrogens with zero attached hydrogens (tertiary/aromatic N) is 3. The van der Waals surface area contributed by atoms with Crippen molar-refractivity contribution in [3.63, 3.8) is 0 Å². The average molecular weight is 408 g/mol. The fourth-order valence-corrected chi connectivity index (χ4v) is 4.79. The van der Waals surface area contributed by atoms with Crippen LogP contribution in [0.25, 0.3) is 10.2 Å². The third-order valence-electron chi connectivity index (χ3n) is 5.67. The molecule has 1 aliphatic rings. The number of fused-ring (bicyclic) bond motifs is 1. The van der Waals surface area contributed by atoms with Crippen molar-refractivity contribution in [3.8, 4) is 0 Å². The fourth-order valence-electron chi connectivity index (χ4n) is 3.82. The minimum atomic E-state index is 0.255. The molecular weight excluding hydrogens is 378 g/mol. The van der Waals surface area contributed by atoms with Gasteiger partial charge in [0.1, 0.15) is 0 Å². The molecule has 1 aliphatic heterocycles. The number of piperazine rings is 1. The van der Waals surface area contributed by atoms with E-state index in [1.807, 2.05) is 23.1 Å². The highest BCUT2D eigenvalue weighted by Crippen LogP contribution is 2.23. The molecule has 152 valence electrons. The molecule has 0 spiro atoms. The second kappa shape index (κ2) is 9.06. The minimum absolute atomic E-state index is 0.255. The van der Waals surface area contributed by atoms with Crippen molar-refractivity contribution < 1.29 is 4.79 Å². The smallest absolute Gasteiger partial charge is 0.223 e. The van der Waals surface area contributed by atoms with Gasteiger partial charge < -0.3 is 4.90 Å². The summed E-state index contributed by atoms with van der Waals surface area (Å²) in [6, 6.07) is 17.1. The lowest BCUT2D eigenvalue weighted by atomic mass is 10.0. The number of amides is 1. The monoisotopic (exact) mass is 407 g/mol. The topological polar surface area (TPSA) is 36.4 Å². The molecule has 1 amide bonds. The Morgan fingerprint density at radius 3 is 2.45 bits per heavy atom. The second-order valence-electron chi connectivity index (χ2n) is 8.13. The summed E-state index contributed by atoms with van der Waals surface area (Å²) in [5.74, 6) is 0.826. The first-order valence-corrected chi connectivity index (χ1v) is 11.3. The van der Waals surface area contributed by atoms with Crippen LogP contribution >= 0.6 is 11.3 Å². The normalized spacial score (nSPS) is 15.3. The lowest BCUT2D eigenvalue weighted by Gasteiger charge is -2.34. The maximum atomic E-state index is 12.6. The Bertz CT molecular complexity index is 923. The molecule has 29 heavy (non-hydrogen) atoms. The summed E-state index contributed by atoms with van der Waals surface area (Å²) in [7, 11) is 0. The zero-order valence-corrected chi connectivity index (χ0v) is 18.1. The maximum Gasteiger partial charge on any atom is 0.223 e. The Morgan fingerprint density at radius 1 is 1.03 bits per heavy atom. The fraction of sp³-hybridized carbons (Fsp3) is 0.417. The number of rotatable bonds is 6. The molecule has 0 bridgehead atoms. The van der Waals surface area contributed by atoms with Gasteiger partial charge in [0, 0.05) is 45.6 Å². The van der Waals surface area contributed by atoms with Crippen molar-refractivity contribution in [2.24, 2.45) is 0 Å². The zero-order chi connectivity index (χ0) is 20.2. The summed E-state index contributed by atoms with van der Waals surface area (Å²) in [5.41, 5.74) is 3.78. The van der Waals surface area contributed by atoms with Crippen LogP contribution in [0.1, 0.15) is 42.3 Å². The van der Waals surface area contributed by atoms with Crippen molar-refractivity contribution in [1.82, 2.24) is 14.8 Å². The lowest BCUT2D eigenvalue weighted by Crippen LogP contribution is -2.48. The number of para-hydroxylation sites is 1. The Labute approximate surface area is 177 Å². The number of aromatic nitrogens is 1. The maximum absolute atomic E-state index is 12.6. The first-order chi connectivity index (χ1) is 14.1. The molecule has 0 N–H and O–H groups in total. The highest BCUT2D eigenvalue weighted by molar-refractivity contribution is 7.18. The summed E-state index contributed by atoms with van der Waals surface area (Å²) in [6.45, 7) is 8.94. The number of hydrogen-bond donors (Lipinski definition) is 0. The van der Waals surface area contributed by atoms with E-state index in [-0.39, 0.29) is 5.91 Å². The van der Waals surface area contributed by atoms with E-state index in [9.17, 15) is 4.79 Å². The molecule has 0 unspecified atom stereocenters. The van der Waals surface area contributed by atoms with Crippen LogP contribution in [-0.2, 0) is 17.8 Å². The highest BCUT2D eigenvalue weighted by atomic mass is 32.1. The number of carbonyl (C=O) groups excluding carboxylic acids is 1. The van der Waals surface area contributed by atoms with Crippen molar-refractivity contribution in [3.05, 3.63) is 64.7 Å². The van der Waals surface area contributed by atoms with E-state index in [0.717, 1.165) is 49.7 Å². The van der Waals surface area contributed by atoms with Crippen LogP contribution in [0.2, 0.25) is 0 Å². The van der Waals surface area contributed by atoms with Gasteiger partial charge in [-0.3, -0.25) is 9.69 Å². The molecule has 0 atom stereocenters. The molecule has 2 aromatic carbocycles. The van der Waals surface area contributed by atoms with Gasteiger partial charge in [-0.2, -0.15) is 0 Å². The van der Waals surface area contributed by atoms with Gasteiger partial charge in [-0.25, -0.2) is 4.98 Å². The molecule has 0 saturated carbocycles. The Morgan fingerprint density at radius 2 is 1.76 bits per heavy atom. The SMILES string of the molecule is CC(C)c1ccc(CN2CCN(C(=O)CCc3nc4ccccc4s3)CC2)cc1. The van der Waals surface area contributed by atoms with Crippen LogP contribution in [0.4, 0.5) is 0 Å². The van der Waals surface area contributed by atoms with Crippen molar-refractivity contribution in [1.29, 1.82) is 0 Å².